The Morgan fingerprint density at radius 1 is 0.875 bits per heavy atom. The predicted molar refractivity (Wildman–Crippen MR) is 135 cm³/mol. The summed E-state index contributed by atoms with van der Waals surface area (Å²) in [6.45, 7) is 0. The quantitative estimate of drug-likeness (QED) is 0.318. The van der Waals surface area contributed by atoms with E-state index >= 15 is 0 Å². The number of thioether (sulfide) groups is 1. The number of anilines is 2. The van der Waals surface area contributed by atoms with Gasteiger partial charge in [0, 0.05) is 26.5 Å². The fraction of sp³-hybridized carbons (Fsp3) is 0.0952. The van der Waals surface area contributed by atoms with Gasteiger partial charge in [0.2, 0.25) is 5.91 Å². The van der Waals surface area contributed by atoms with E-state index < -0.39 is 10.0 Å². The monoisotopic (exact) mass is 548 g/mol. The maximum absolute atomic E-state index is 12.6. The Bertz CT molecular complexity index is 1220. The van der Waals surface area contributed by atoms with Crippen LogP contribution in [0.4, 0.5) is 11.4 Å². The molecule has 0 saturated heterocycles. The molecule has 5 nitrogen and oxygen atoms in total. The standard InChI is InChI=1S/C21H16Cl4N2O3S2/c22-13-4-9-20(19(25)10-13)27-32(29,30)15-7-5-14(6-8-15)26-21(28)12-31-11-16-17(23)2-1-3-18(16)24/h1-10,27H,11-12H2,(H,26,28). The van der Waals surface area contributed by atoms with Crippen molar-refractivity contribution < 1.29 is 13.2 Å². The Morgan fingerprint density at radius 3 is 2.16 bits per heavy atom. The van der Waals surface area contributed by atoms with Gasteiger partial charge in [0.25, 0.3) is 10.0 Å². The van der Waals surface area contributed by atoms with E-state index in [0.29, 0.717) is 26.5 Å². The summed E-state index contributed by atoms with van der Waals surface area (Å²) >= 11 is 25.5. The van der Waals surface area contributed by atoms with Crippen LogP contribution in [-0.4, -0.2) is 20.1 Å². The highest BCUT2D eigenvalue weighted by molar-refractivity contribution is 7.99. The lowest BCUT2D eigenvalue weighted by Gasteiger charge is -2.11. The van der Waals surface area contributed by atoms with Crippen LogP contribution < -0.4 is 10.0 Å². The minimum Gasteiger partial charge on any atom is -0.325 e. The van der Waals surface area contributed by atoms with E-state index in [2.05, 4.69) is 10.0 Å². The number of carbonyl (C=O) groups is 1. The molecule has 168 valence electrons. The van der Waals surface area contributed by atoms with Crippen molar-refractivity contribution in [3.63, 3.8) is 0 Å². The molecule has 32 heavy (non-hydrogen) atoms. The highest BCUT2D eigenvalue weighted by Gasteiger charge is 2.16. The van der Waals surface area contributed by atoms with Crippen molar-refractivity contribution in [2.45, 2.75) is 10.6 Å². The van der Waals surface area contributed by atoms with Gasteiger partial charge >= 0.3 is 0 Å². The van der Waals surface area contributed by atoms with Gasteiger partial charge in [-0.3, -0.25) is 9.52 Å². The number of benzene rings is 3. The second kappa shape index (κ2) is 11.0. The zero-order valence-corrected chi connectivity index (χ0v) is 20.9. The second-order valence-electron chi connectivity index (χ2n) is 6.50. The number of nitrogens with one attached hydrogen (secondary N) is 2. The van der Waals surface area contributed by atoms with Gasteiger partial charge < -0.3 is 5.32 Å². The summed E-state index contributed by atoms with van der Waals surface area (Å²) in [5.41, 5.74) is 1.45. The van der Waals surface area contributed by atoms with Crippen molar-refractivity contribution in [2.24, 2.45) is 0 Å². The number of rotatable bonds is 8. The number of hydrogen-bond acceptors (Lipinski definition) is 4. The second-order valence-corrected chi connectivity index (χ2v) is 10.8. The topological polar surface area (TPSA) is 75.3 Å². The Hall–Kier alpha value is -1.61. The number of amides is 1. The number of carbonyl (C=O) groups excluding carboxylic acids is 1. The summed E-state index contributed by atoms with van der Waals surface area (Å²) in [5.74, 6) is 0.431. The normalized spacial score (nSPS) is 11.2. The Balaban J connectivity index is 1.57. The van der Waals surface area contributed by atoms with E-state index in [1.165, 1.54) is 54.2 Å². The van der Waals surface area contributed by atoms with Gasteiger partial charge in [-0.2, -0.15) is 0 Å². The molecule has 3 aromatic rings. The molecular weight excluding hydrogens is 534 g/mol. The van der Waals surface area contributed by atoms with E-state index in [9.17, 15) is 13.2 Å². The van der Waals surface area contributed by atoms with Crippen LogP contribution in [0.1, 0.15) is 5.56 Å². The van der Waals surface area contributed by atoms with Crippen molar-refractivity contribution in [3.8, 4) is 0 Å². The maximum atomic E-state index is 12.6. The van der Waals surface area contributed by atoms with Gasteiger partial charge in [-0.25, -0.2) is 8.42 Å². The summed E-state index contributed by atoms with van der Waals surface area (Å²) in [4.78, 5) is 12.2. The van der Waals surface area contributed by atoms with Crippen molar-refractivity contribution >= 4 is 85.5 Å². The smallest absolute Gasteiger partial charge is 0.261 e. The molecule has 11 heteroatoms. The first-order chi connectivity index (χ1) is 15.2. The molecule has 3 rings (SSSR count). The highest BCUT2D eigenvalue weighted by atomic mass is 35.5. The van der Waals surface area contributed by atoms with E-state index in [1.807, 2.05) is 0 Å². The van der Waals surface area contributed by atoms with Gasteiger partial charge in [0.1, 0.15) is 0 Å². The molecule has 0 aliphatic rings. The molecule has 0 aromatic heterocycles. The van der Waals surface area contributed by atoms with Gasteiger partial charge in [-0.15, -0.1) is 11.8 Å². The first-order valence-electron chi connectivity index (χ1n) is 9.04. The van der Waals surface area contributed by atoms with Gasteiger partial charge in [-0.05, 0) is 60.2 Å². The van der Waals surface area contributed by atoms with E-state index in [4.69, 9.17) is 46.4 Å². The molecule has 3 aromatic carbocycles. The molecule has 0 spiro atoms. The van der Waals surface area contributed by atoms with E-state index in [0.717, 1.165) is 5.56 Å². The van der Waals surface area contributed by atoms with Crippen molar-refractivity contribution in [2.75, 3.05) is 15.8 Å². The Morgan fingerprint density at radius 2 is 1.53 bits per heavy atom. The maximum Gasteiger partial charge on any atom is 0.261 e. The summed E-state index contributed by atoms with van der Waals surface area (Å²) < 4.78 is 27.6. The lowest BCUT2D eigenvalue weighted by molar-refractivity contribution is -0.113. The molecule has 0 atom stereocenters. The Labute approximate surface area is 210 Å². The van der Waals surface area contributed by atoms with Gasteiger partial charge in [0.15, 0.2) is 0 Å². The molecule has 0 fully saturated rings. The van der Waals surface area contributed by atoms with Crippen LogP contribution in [0.2, 0.25) is 20.1 Å². The molecular formula is C21H16Cl4N2O3S2. The van der Waals surface area contributed by atoms with Crippen molar-refractivity contribution in [3.05, 3.63) is 86.3 Å². The molecule has 0 bridgehead atoms. The molecule has 0 heterocycles. The summed E-state index contributed by atoms with van der Waals surface area (Å²) in [6.07, 6.45) is 0. The van der Waals surface area contributed by atoms with Crippen LogP contribution in [0.25, 0.3) is 0 Å². The average Bonchev–Trinajstić information content (AvgIpc) is 2.73. The SMILES string of the molecule is O=C(CSCc1c(Cl)cccc1Cl)Nc1ccc(S(=O)(=O)Nc2ccc(Cl)cc2Cl)cc1. The minimum atomic E-state index is -3.87. The average molecular weight is 550 g/mol. The van der Waals surface area contributed by atoms with E-state index in [-0.39, 0.29) is 27.3 Å². The van der Waals surface area contributed by atoms with Crippen molar-refractivity contribution in [1.82, 2.24) is 0 Å². The highest BCUT2D eigenvalue weighted by Crippen LogP contribution is 2.29. The van der Waals surface area contributed by atoms with Crippen LogP contribution in [0.5, 0.6) is 0 Å². The zero-order valence-electron chi connectivity index (χ0n) is 16.2. The van der Waals surface area contributed by atoms with Crippen LogP contribution in [0.3, 0.4) is 0 Å². The third-order valence-electron chi connectivity index (χ3n) is 4.17. The largest absolute Gasteiger partial charge is 0.325 e. The van der Waals surface area contributed by atoms with Crippen LogP contribution in [-0.2, 0) is 20.6 Å². The first kappa shape index (κ1) is 25.0. The Kier molecular flexibility index (Phi) is 8.61. The summed E-state index contributed by atoms with van der Waals surface area (Å²) in [7, 11) is -3.87. The van der Waals surface area contributed by atoms with Gasteiger partial charge in [0.05, 0.1) is 21.4 Å². The lowest BCUT2D eigenvalue weighted by atomic mass is 10.2. The van der Waals surface area contributed by atoms with Crippen LogP contribution in [0, 0.1) is 0 Å². The lowest BCUT2D eigenvalue weighted by Crippen LogP contribution is -2.15. The minimum absolute atomic E-state index is 0.0178. The fourth-order valence-corrected chi connectivity index (χ4v) is 5.76. The molecule has 0 unspecified atom stereocenters. The number of hydrogen-bond donors (Lipinski definition) is 2. The number of sulfonamides is 1. The predicted octanol–water partition coefficient (Wildman–Crippen LogP) is 6.97. The third kappa shape index (κ3) is 6.70. The van der Waals surface area contributed by atoms with Crippen LogP contribution in [0.15, 0.2) is 65.6 Å². The van der Waals surface area contributed by atoms with Crippen LogP contribution >= 0.6 is 58.2 Å². The van der Waals surface area contributed by atoms with Crippen molar-refractivity contribution in [1.29, 1.82) is 0 Å². The molecule has 0 aliphatic heterocycles. The first-order valence-corrected chi connectivity index (χ1v) is 13.2. The zero-order chi connectivity index (χ0) is 23.3. The molecule has 0 saturated carbocycles. The molecule has 1 amide bonds. The van der Waals surface area contributed by atoms with E-state index in [1.54, 1.807) is 18.2 Å². The molecule has 0 radical (unpaired) electrons. The number of halogens is 4. The fourth-order valence-electron chi connectivity index (χ4n) is 2.61. The summed E-state index contributed by atoms with van der Waals surface area (Å²) in [5, 5.41) is 4.40. The summed E-state index contributed by atoms with van der Waals surface area (Å²) in [6, 6.07) is 15.5. The molecule has 2 N–H and O–H groups in total. The van der Waals surface area contributed by atoms with Gasteiger partial charge in [-0.1, -0.05) is 52.5 Å². The third-order valence-corrected chi connectivity index (χ3v) is 7.76. The molecule has 0 aliphatic carbocycles.